The highest BCUT2D eigenvalue weighted by atomic mass is 32.2. The molecule has 4 rings (SSSR count). The Hall–Kier alpha value is -2.65. The predicted octanol–water partition coefficient (Wildman–Crippen LogP) is 3.08. The number of sulfone groups is 2. The summed E-state index contributed by atoms with van der Waals surface area (Å²) in [5, 5.41) is 0.812. The standard InChI is InChI=1S/C23H25NO6S2/c1-23(22(25)30-2,32(28,29)16-7-5-4-6-8-16)15-9-11-18-19-14-17(31(3,26)27)10-12-20(19)24-21(18)13-15/h4-8,10,12,14-15,24H,9,11,13H2,1-3H3. The Labute approximate surface area is 187 Å². The second-order valence-electron chi connectivity index (χ2n) is 8.42. The molecule has 32 heavy (non-hydrogen) atoms. The number of aromatic amines is 1. The minimum Gasteiger partial charge on any atom is -0.468 e. The number of aromatic nitrogens is 1. The van der Waals surface area contributed by atoms with E-state index in [1.54, 1.807) is 36.4 Å². The lowest BCUT2D eigenvalue weighted by Gasteiger charge is -2.36. The first kappa shape index (κ1) is 22.5. The van der Waals surface area contributed by atoms with Crippen molar-refractivity contribution in [2.24, 2.45) is 5.92 Å². The predicted molar refractivity (Wildman–Crippen MR) is 121 cm³/mol. The van der Waals surface area contributed by atoms with Gasteiger partial charge in [-0.1, -0.05) is 18.2 Å². The summed E-state index contributed by atoms with van der Waals surface area (Å²) in [6, 6.07) is 12.9. The highest BCUT2D eigenvalue weighted by Crippen LogP contribution is 2.42. The number of benzene rings is 2. The van der Waals surface area contributed by atoms with Crippen LogP contribution in [0.15, 0.2) is 58.3 Å². The fraction of sp³-hybridized carbons (Fsp3) is 0.348. The maximum atomic E-state index is 13.6. The number of aryl methyl sites for hydroxylation is 1. The summed E-state index contributed by atoms with van der Waals surface area (Å²) in [6.07, 6.45) is 2.46. The number of esters is 1. The van der Waals surface area contributed by atoms with Crippen LogP contribution >= 0.6 is 0 Å². The highest BCUT2D eigenvalue weighted by Gasteiger charge is 2.54. The minimum absolute atomic E-state index is 0.0770. The van der Waals surface area contributed by atoms with Gasteiger partial charge in [-0.3, -0.25) is 4.79 Å². The van der Waals surface area contributed by atoms with Gasteiger partial charge in [-0.05, 0) is 68.0 Å². The number of hydrogen-bond acceptors (Lipinski definition) is 6. The van der Waals surface area contributed by atoms with Crippen LogP contribution in [0.1, 0.15) is 24.6 Å². The molecule has 1 heterocycles. The number of carbonyl (C=O) groups is 1. The molecule has 2 unspecified atom stereocenters. The van der Waals surface area contributed by atoms with E-state index in [-0.39, 0.29) is 9.79 Å². The van der Waals surface area contributed by atoms with Crippen LogP contribution in [-0.2, 0) is 42.0 Å². The maximum Gasteiger partial charge on any atom is 0.327 e. The number of fused-ring (bicyclic) bond motifs is 3. The topological polar surface area (TPSA) is 110 Å². The second-order valence-corrected chi connectivity index (χ2v) is 12.8. The van der Waals surface area contributed by atoms with Crippen molar-refractivity contribution in [2.45, 2.75) is 40.7 Å². The van der Waals surface area contributed by atoms with Crippen molar-refractivity contribution in [2.75, 3.05) is 13.4 Å². The quantitative estimate of drug-likeness (QED) is 0.568. The maximum absolute atomic E-state index is 13.6. The molecular weight excluding hydrogens is 450 g/mol. The zero-order valence-corrected chi connectivity index (χ0v) is 19.7. The van der Waals surface area contributed by atoms with E-state index in [1.165, 1.54) is 32.4 Å². The van der Waals surface area contributed by atoms with Gasteiger partial charge in [0, 0.05) is 22.9 Å². The second kappa shape index (κ2) is 7.74. The van der Waals surface area contributed by atoms with Crippen LogP contribution in [0.25, 0.3) is 10.9 Å². The van der Waals surface area contributed by atoms with Crippen molar-refractivity contribution in [3.05, 3.63) is 59.8 Å². The van der Waals surface area contributed by atoms with Gasteiger partial charge >= 0.3 is 5.97 Å². The molecule has 2 atom stereocenters. The first-order chi connectivity index (χ1) is 15.0. The van der Waals surface area contributed by atoms with Crippen LogP contribution in [0.5, 0.6) is 0 Å². The highest BCUT2D eigenvalue weighted by molar-refractivity contribution is 7.93. The van der Waals surface area contributed by atoms with Gasteiger partial charge in [-0.2, -0.15) is 0 Å². The fourth-order valence-electron chi connectivity index (χ4n) is 4.65. The van der Waals surface area contributed by atoms with E-state index in [2.05, 4.69) is 4.98 Å². The first-order valence-corrected chi connectivity index (χ1v) is 13.6. The SMILES string of the molecule is COC(=O)C(C)(C1CCc2c([nH]c3ccc(S(C)(=O)=O)cc23)C1)S(=O)(=O)c1ccccc1. The summed E-state index contributed by atoms with van der Waals surface area (Å²) in [6.45, 7) is 1.45. The van der Waals surface area contributed by atoms with Crippen molar-refractivity contribution >= 4 is 36.5 Å². The molecule has 0 fully saturated rings. The van der Waals surface area contributed by atoms with Gasteiger partial charge in [0.2, 0.25) is 0 Å². The van der Waals surface area contributed by atoms with Crippen LogP contribution in [0.2, 0.25) is 0 Å². The largest absolute Gasteiger partial charge is 0.468 e. The summed E-state index contributed by atoms with van der Waals surface area (Å²) >= 11 is 0. The first-order valence-electron chi connectivity index (χ1n) is 10.2. The molecule has 1 aromatic heterocycles. The lowest BCUT2D eigenvalue weighted by Crippen LogP contribution is -2.52. The third kappa shape index (κ3) is 3.44. The Morgan fingerprint density at radius 3 is 2.38 bits per heavy atom. The van der Waals surface area contributed by atoms with Crippen molar-refractivity contribution < 1.29 is 26.4 Å². The fourth-order valence-corrected chi connectivity index (χ4v) is 7.25. The van der Waals surface area contributed by atoms with Gasteiger partial charge in [0.15, 0.2) is 24.4 Å². The summed E-state index contributed by atoms with van der Waals surface area (Å²) in [5.41, 5.74) is 2.57. The molecule has 0 bridgehead atoms. The van der Waals surface area contributed by atoms with Crippen LogP contribution in [0, 0.1) is 5.92 Å². The van der Waals surface area contributed by atoms with Crippen molar-refractivity contribution in [3.63, 3.8) is 0 Å². The number of H-pyrrole nitrogens is 1. The Kier molecular flexibility index (Phi) is 5.45. The molecule has 3 aromatic rings. The van der Waals surface area contributed by atoms with Crippen LogP contribution in [-0.4, -0.2) is 45.9 Å². The molecule has 9 heteroatoms. The van der Waals surface area contributed by atoms with E-state index in [4.69, 9.17) is 4.74 Å². The molecule has 2 aromatic carbocycles. The Morgan fingerprint density at radius 2 is 1.75 bits per heavy atom. The van der Waals surface area contributed by atoms with E-state index in [0.29, 0.717) is 19.3 Å². The van der Waals surface area contributed by atoms with Crippen molar-refractivity contribution in [1.82, 2.24) is 4.98 Å². The lowest BCUT2D eigenvalue weighted by atomic mass is 9.79. The Morgan fingerprint density at radius 1 is 1.06 bits per heavy atom. The summed E-state index contributed by atoms with van der Waals surface area (Å²) in [7, 11) is -6.19. The number of methoxy groups -OCH3 is 1. The van der Waals surface area contributed by atoms with E-state index < -0.39 is 36.3 Å². The molecule has 0 saturated heterocycles. The van der Waals surface area contributed by atoms with Gasteiger partial charge in [-0.15, -0.1) is 0 Å². The molecule has 0 amide bonds. The minimum atomic E-state index is -4.04. The summed E-state index contributed by atoms with van der Waals surface area (Å²) < 4.78 is 54.4. The third-order valence-electron chi connectivity index (χ3n) is 6.57. The van der Waals surface area contributed by atoms with Gasteiger partial charge in [0.1, 0.15) is 0 Å². The monoisotopic (exact) mass is 475 g/mol. The lowest BCUT2D eigenvalue weighted by molar-refractivity contribution is -0.145. The summed E-state index contributed by atoms with van der Waals surface area (Å²) in [4.78, 5) is 16.5. The Bertz CT molecular complexity index is 1410. The van der Waals surface area contributed by atoms with Gasteiger partial charge in [0.25, 0.3) is 0 Å². The average molecular weight is 476 g/mol. The molecule has 1 N–H and O–H groups in total. The number of rotatable bonds is 5. The van der Waals surface area contributed by atoms with Gasteiger partial charge < -0.3 is 9.72 Å². The zero-order valence-electron chi connectivity index (χ0n) is 18.1. The van der Waals surface area contributed by atoms with E-state index >= 15 is 0 Å². The van der Waals surface area contributed by atoms with Crippen LogP contribution in [0.3, 0.4) is 0 Å². The smallest absolute Gasteiger partial charge is 0.327 e. The molecule has 1 aliphatic rings. The van der Waals surface area contributed by atoms with Crippen LogP contribution < -0.4 is 0 Å². The van der Waals surface area contributed by atoms with E-state index in [1.807, 2.05) is 0 Å². The molecule has 170 valence electrons. The summed E-state index contributed by atoms with van der Waals surface area (Å²) in [5.74, 6) is -1.31. The molecule has 0 spiro atoms. The van der Waals surface area contributed by atoms with Crippen molar-refractivity contribution in [1.29, 1.82) is 0 Å². The number of carbonyl (C=O) groups excluding carboxylic acids is 1. The molecule has 0 saturated carbocycles. The molecule has 0 aliphatic heterocycles. The van der Waals surface area contributed by atoms with E-state index in [0.717, 1.165) is 22.2 Å². The molecular formula is C23H25NO6S2. The van der Waals surface area contributed by atoms with Gasteiger partial charge in [0.05, 0.1) is 16.9 Å². The average Bonchev–Trinajstić information content (AvgIpc) is 3.14. The normalized spacial score (nSPS) is 18.7. The number of nitrogens with one attached hydrogen (secondary N) is 1. The molecule has 7 nitrogen and oxygen atoms in total. The third-order valence-corrected chi connectivity index (χ3v) is 10.2. The zero-order chi connectivity index (χ0) is 23.3. The van der Waals surface area contributed by atoms with E-state index in [9.17, 15) is 21.6 Å². The Balaban J connectivity index is 1.80. The number of ether oxygens (including phenoxy) is 1. The van der Waals surface area contributed by atoms with Crippen molar-refractivity contribution in [3.8, 4) is 0 Å². The molecule has 0 radical (unpaired) electrons. The van der Waals surface area contributed by atoms with Crippen LogP contribution in [0.4, 0.5) is 0 Å². The molecule has 1 aliphatic carbocycles. The van der Waals surface area contributed by atoms with Gasteiger partial charge in [-0.25, -0.2) is 16.8 Å². The number of hydrogen-bond donors (Lipinski definition) is 1.